The van der Waals surface area contributed by atoms with E-state index in [0.717, 1.165) is 0 Å². The highest BCUT2D eigenvalue weighted by Crippen LogP contribution is 2.27. The van der Waals surface area contributed by atoms with Gasteiger partial charge in [0.1, 0.15) is 0 Å². The summed E-state index contributed by atoms with van der Waals surface area (Å²) in [7, 11) is -3.87. The lowest BCUT2D eigenvalue weighted by Gasteiger charge is -2.17. The summed E-state index contributed by atoms with van der Waals surface area (Å²) in [6, 6.07) is 14.1. The molecule has 32 heavy (non-hydrogen) atoms. The molecule has 2 N–H and O–H groups in total. The minimum atomic E-state index is -3.87. The normalized spacial score (nSPS) is 16.1. The Balaban J connectivity index is 1.40. The fourth-order valence-corrected chi connectivity index (χ4v) is 4.33. The van der Waals surface area contributed by atoms with Crippen LogP contribution in [0.15, 0.2) is 71.9 Å². The summed E-state index contributed by atoms with van der Waals surface area (Å²) in [5, 5.41) is 3.30. The predicted molar refractivity (Wildman–Crippen MR) is 120 cm³/mol. The molecule has 1 aliphatic heterocycles. The Morgan fingerprint density at radius 1 is 1.03 bits per heavy atom. The Labute approximate surface area is 189 Å². The second-order valence-corrected chi connectivity index (χ2v) is 9.19. The van der Waals surface area contributed by atoms with Crippen LogP contribution in [0.2, 0.25) is 5.02 Å². The van der Waals surface area contributed by atoms with E-state index in [1.807, 2.05) is 0 Å². The third-order valence-electron chi connectivity index (χ3n) is 4.86. The zero-order valence-electron chi connectivity index (χ0n) is 16.6. The van der Waals surface area contributed by atoms with Crippen LogP contribution in [0.4, 0.5) is 17.3 Å². The van der Waals surface area contributed by atoms with Crippen LogP contribution in [0.25, 0.3) is 0 Å². The second-order valence-electron chi connectivity index (χ2n) is 7.07. The van der Waals surface area contributed by atoms with E-state index in [1.165, 1.54) is 36.7 Å². The van der Waals surface area contributed by atoms with Gasteiger partial charge >= 0.3 is 0 Å². The molecule has 0 saturated carbocycles. The van der Waals surface area contributed by atoms with Crippen molar-refractivity contribution in [2.75, 3.05) is 21.5 Å². The molecular weight excluding hydrogens is 454 g/mol. The number of nitrogens with zero attached hydrogens (tertiary/aromatic N) is 3. The van der Waals surface area contributed by atoms with Gasteiger partial charge < -0.3 is 10.2 Å². The van der Waals surface area contributed by atoms with Crippen molar-refractivity contribution in [3.63, 3.8) is 0 Å². The Morgan fingerprint density at radius 2 is 1.69 bits per heavy atom. The van der Waals surface area contributed by atoms with Crippen molar-refractivity contribution in [3.8, 4) is 0 Å². The molecule has 2 amide bonds. The van der Waals surface area contributed by atoms with Crippen LogP contribution in [0.3, 0.4) is 0 Å². The molecule has 9 nitrogen and oxygen atoms in total. The number of rotatable bonds is 6. The smallest absolute Gasteiger partial charge is 0.264 e. The van der Waals surface area contributed by atoms with Gasteiger partial charge in [-0.3, -0.25) is 9.59 Å². The summed E-state index contributed by atoms with van der Waals surface area (Å²) in [5.74, 6) is -1.04. The highest BCUT2D eigenvalue weighted by molar-refractivity contribution is 7.92. The van der Waals surface area contributed by atoms with Gasteiger partial charge in [0.25, 0.3) is 10.0 Å². The molecule has 1 aliphatic rings. The molecule has 1 saturated heterocycles. The molecule has 1 aromatic heterocycles. The van der Waals surface area contributed by atoms with Crippen molar-refractivity contribution in [2.45, 2.75) is 11.3 Å². The van der Waals surface area contributed by atoms with E-state index in [9.17, 15) is 18.0 Å². The minimum absolute atomic E-state index is 0.00657. The first-order valence-electron chi connectivity index (χ1n) is 9.58. The molecule has 0 bridgehead atoms. The van der Waals surface area contributed by atoms with Gasteiger partial charge in [-0.1, -0.05) is 11.6 Å². The molecule has 0 radical (unpaired) electrons. The molecule has 1 atom stereocenters. The van der Waals surface area contributed by atoms with Crippen LogP contribution < -0.4 is 14.9 Å². The number of benzene rings is 2. The molecule has 2 heterocycles. The summed E-state index contributed by atoms with van der Waals surface area (Å²) in [4.78, 5) is 34.2. The average molecular weight is 472 g/mol. The topological polar surface area (TPSA) is 121 Å². The molecule has 1 fully saturated rings. The fourth-order valence-electron chi connectivity index (χ4n) is 3.25. The van der Waals surface area contributed by atoms with Crippen LogP contribution >= 0.6 is 11.6 Å². The summed E-state index contributed by atoms with van der Waals surface area (Å²) < 4.78 is 27.2. The Hall–Kier alpha value is -3.50. The fraction of sp³-hybridized carbons (Fsp3) is 0.143. The molecule has 11 heteroatoms. The first kappa shape index (κ1) is 21.7. The monoisotopic (exact) mass is 471 g/mol. The SMILES string of the molecule is O=C(Nc1ccc(S(=O)(=O)Nc2ncccn2)cc1)[C@@H]1CC(=O)N(c2ccc(Cl)cc2)C1. The Kier molecular flexibility index (Phi) is 6.06. The molecular formula is C21H18ClN5O4S. The third-order valence-corrected chi connectivity index (χ3v) is 6.45. The van der Waals surface area contributed by atoms with E-state index in [2.05, 4.69) is 20.0 Å². The lowest BCUT2D eigenvalue weighted by Crippen LogP contribution is -2.28. The van der Waals surface area contributed by atoms with Gasteiger partial charge in [0.15, 0.2) is 0 Å². The van der Waals surface area contributed by atoms with E-state index >= 15 is 0 Å². The van der Waals surface area contributed by atoms with Crippen LogP contribution in [0.1, 0.15) is 6.42 Å². The van der Waals surface area contributed by atoms with Gasteiger partial charge in [0, 0.05) is 41.8 Å². The standard InChI is InChI=1S/C21H18ClN5O4S/c22-15-2-6-17(7-3-15)27-13-14(12-19(27)28)20(29)25-16-4-8-18(9-5-16)32(30,31)26-21-23-10-1-11-24-21/h1-11,14H,12-13H2,(H,25,29)(H,23,24,26)/t14-/m1/s1. The van der Waals surface area contributed by atoms with E-state index in [-0.39, 0.29) is 35.6 Å². The van der Waals surface area contributed by atoms with Crippen molar-refractivity contribution in [2.24, 2.45) is 5.92 Å². The molecule has 164 valence electrons. The summed E-state index contributed by atoms with van der Waals surface area (Å²) in [5.41, 5.74) is 1.10. The number of amides is 2. The summed E-state index contributed by atoms with van der Waals surface area (Å²) in [6.45, 7) is 0.250. The number of hydrogen-bond acceptors (Lipinski definition) is 6. The number of anilines is 3. The Bertz CT molecular complexity index is 1240. The average Bonchev–Trinajstić information content (AvgIpc) is 3.17. The number of hydrogen-bond donors (Lipinski definition) is 2. The van der Waals surface area contributed by atoms with Crippen molar-refractivity contribution < 1.29 is 18.0 Å². The van der Waals surface area contributed by atoms with Crippen LogP contribution in [0, 0.1) is 5.92 Å². The minimum Gasteiger partial charge on any atom is -0.326 e. The molecule has 0 aliphatic carbocycles. The zero-order valence-corrected chi connectivity index (χ0v) is 18.2. The van der Waals surface area contributed by atoms with E-state index < -0.39 is 15.9 Å². The summed E-state index contributed by atoms with van der Waals surface area (Å²) >= 11 is 5.89. The second kappa shape index (κ2) is 8.93. The highest BCUT2D eigenvalue weighted by atomic mass is 35.5. The lowest BCUT2D eigenvalue weighted by atomic mass is 10.1. The lowest BCUT2D eigenvalue weighted by molar-refractivity contribution is -0.122. The molecule has 2 aromatic carbocycles. The van der Waals surface area contributed by atoms with Crippen LogP contribution in [-0.2, 0) is 19.6 Å². The van der Waals surface area contributed by atoms with Gasteiger partial charge in [-0.05, 0) is 54.6 Å². The van der Waals surface area contributed by atoms with Crippen LogP contribution in [0.5, 0.6) is 0 Å². The maximum Gasteiger partial charge on any atom is 0.264 e. The van der Waals surface area contributed by atoms with Crippen LogP contribution in [-0.4, -0.2) is 36.7 Å². The number of nitrogens with one attached hydrogen (secondary N) is 2. The molecule has 0 spiro atoms. The number of sulfonamides is 1. The Morgan fingerprint density at radius 3 is 2.34 bits per heavy atom. The summed E-state index contributed by atoms with van der Waals surface area (Å²) in [6.07, 6.45) is 2.93. The van der Waals surface area contributed by atoms with Gasteiger partial charge in [0.2, 0.25) is 17.8 Å². The van der Waals surface area contributed by atoms with Crippen molar-refractivity contribution >= 4 is 50.8 Å². The van der Waals surface area contributed by atoms with Gasteiger partial charge in [0.05, 0.1) is 10.8 Å². The van der Waals surface area contributed by atoms with E-state index in [4.69, 9.17) is 11.6 Å². The van der Waals surface area contributed by atoms with Crippen molar-refractivity contribution in [3.05, 3.63) is 72.0 Å². The van der Waals surface area contributed by atoms with Crippen molar-refractivity contribution in [1.29, 1.82) is 0 Å². The number of aromatic nitrogens is 2. The third kappa shape index (κ3) is 4.87. The molecule has 0 unspecified atom stereocenters. The molecule has 4 rings (SSSR count). The van der Waals surface area contributed by atoms with Gasteiger partial charge in [-0.2, -0.15) is 0 Å². The number of carbonyl (C=O) groups is 2. The molecule has 3 aromatic rings. The van der Waals surface area contributed by atoms with E-state index in [0.29, 0.717) is 16.4 Å². The quantitative estimate of drug-likeness (QED) is 0.570. The predicted octanol–water partition coefficient (Wildman–Crippen LogP) is 2.92. The first-order chi connectivity index (χ1) is 15.3. The highest BCUT2D eigenvalue weighted by Gasteiger charge is 2.35. The number of carbonyl (C=O) groups excluding carboxylic acids is 2. The van der Waals surface area contributed by atoms with Crippen molar-refractivity contribution in [1.82, 2.24) is 9.97 Å². The first-order valence-corrected chi connectivity index (χ1v) is 11.4. The van der Waals surface area contributed by atoms with E-state index in [1.54, 1.807) is 35.2 Å². The maximum atomic E-state index is 12.7. The largest absolute Gasteiger partial charge is 0.326 e. The zero-order chi connectivity index (χ0) is 22.7. The number of halogens is 1. The maximum absolute atomic E-state index is 12.7. The van der Waals surface area contributed by atoms with Gasteiger partial charge in [-0.25, -0.2) is 23.1 Å². The van der Waals surface area contributed by atoms with Gasteiger partial charge in [-0.15, -0.1) is 0 Å².